The SMILES string of the molecule is CC(CO)S(=O)(=O)Nc1ccc(Cl)cc1Cl. The Morgan fingerprint density at radius 3 is 2.56 bits per heavy atom. The van der Waals surface area contributed by atoms with Gasteiger partial charge in [-0.1, -0.05) is 23.2 Å². The molecule has 7 heteroatoms. The van der Waals surface area contributed by atoms with Crippen molar-refractivity contribution in [2.75, 3.05) is 11.3 Å². The lowest BCUT2D eigenvalue weighted by Crippen LogP contribution is -2.28. The number of anilines is 1. The number of aliphatic hydroxyl groups excluding tert-OH is 1. The summed E-state index contributed by atoms with van der Waals surface area (Å²) >= 11 is 11.5. The number of aliphatic hydroxyl groups is 1. The molecule has 0 saturated heterocycles. The van der Waals surface area contributed by atoms with Crippen LogP contribution in [0, 0.1) is 0 Å². The van der Waals surface area contributed by atoms with Crippen molar-refractivity contribution >= 4 is 38.9 Å². The summed E-state index contributed by atoms with van der Waals surface area (Å²) in [6.45, 7) is 0.937. The fourth-order valence-electron chi connectivity index (χ4n) is 0.924. The summed E-state index contributed by atoms with van der Waals surface area (Å²) < 4.78 is 25.5. The molecule has 2 N–H and O–H groups in total. The number of rotatable bonds is 4. The summed E-state index contributed by atoms with van der Waals surface area (Å²) in [5.74, 6) is 0. The fraction of sp³-hybridized carbons (Fsp3) is 0.333. The largest absolute Gasteiger partial charge is 0.395 e. The molecule has 0 aliphatic carbocycles. The normalized spacial score (nSPS) is 13.5. The van der Waals surface area contributed by atoms with Crippen LogP contribution in [0.4, 0.5) is 5.69 Å². The molecular formula is C9H11Cl2NO3S. The molecule has 0 radical (unpaired) electrons. The first-order chi connectivity index (χ1) is 7.36. The first-order valence-corrected chi connectivity index (χ1v) is 6.74. The molecule has 0 bridgehead atoms. The van der Waals surface area contributed by atoms with E-state index in [0.717, 1.165) is 0 Å². The lowest BCUT2D eigenvalue weighted by molar-refractivity contribution is 0.296. The quantitative estimate of drug-likeness (QED) is 0.890. The highest BCUT2D eigenvalue weighted by Crippen LogP contribution is 2.26. The monoisotopic (exact) mass is 283 g/mol. The van der Waals surface area contributed by atoms with E-state index in [2.05, 4.69) is 4.72 Å². The van der Waals surface area contributed by atoms with E-state index < -0.39 is 21.9 Å². The molecule has 0 aliphatic heterocycles. The van der Waals surface area contributed by atoms with E-state index in [1.54, 1.807) is 0 Å². The standard InChI is InChI=1S/C9H11Cl2NO3S/c1-6(5-13)16(14,15)12-9-3-2-7(10)4-8(9)11/h2-4,6,12-13H,5H2,1H3. The van der Waals surface area contributed by atoms with Crippen molar-refractivity contribution in [2.45, 2.75) is 12.2 Å². The van der Waals surface area contributed by atoms with E-state index in [9.17, 15) is 8.42 Å². The molecule has 1 unspecified atom stereocenters. The van der Waals surface area contributed by atoms with Crippen LogP contribution < -0.4 is 4.72 Å². The Morgan fingerprint density at radius 2 is 2.06 bits per heavy atom. The highest BCUT2D eigenvalue weighted by Gasteiger charge is 2.20. The Kier molecular flexibility index (Phi) is 4.43. The van der Waals surface area contributed by atoms with E-state index in [4.69, 9.17) is 28.3 Å². The molecule has 4 nitrogen and oxygen atoms in total. The molecule has 0 spiro atoms. The van der Waals surface area contributed by atoms with Crippen LogP contribution in [0.3, 0.4) is 0 Å². The van der Waals surface area contributed by atoms with Crippen LogP contribution in [0.5, 0.6) is 0 Å². The number of nitrogens with one attached hydrogen (secondary N) is 1. The summed E-state index contributed by atoms with van der Waals surface area (Å²) in [7, 11) is -3.63. The molecule has 1 aromatic rings. The smallest absolute Gasteiger partial charge is 0.237 e. The number of hydrogen-bond donors (Lipinski definition) is 2. The summed E-state index contributed by atoms with van der Waals surface area (Å²) in [6, 6.07) is 4.42. The predicted octanol–water partition coefficient (Wildman–Crippen LogP) is 2.12. The first-order valence-electron chi connectivity index (χ1n) is 4.44. The van der Waals surface area contributed by atoms with E-state index in [-0.39, 0.29) is 10.7 Å². The van der Waals surface area contributed by atoms with Crippen LogP contribution in [-0.2, 0) is 10.0 Å². The zero-order valence-electron chi connectivity index (χ0n) is 8.44. The van der Waals surface area contributed by atoms with Crippen LogP contribution in [0.1, 0.15) is 6.92 Å². The van der Waals surface area contributed by atoms with E-state index in [1.807, 2.05) is 0 Å². The number of benzene rings is 1. The van der Waals surface area contributed by atoms with Gasteiger partial charge in [0.25, 0.3) is 0 Å². The van der Waals surface area contributed by atoms with Crippen molar-refractivity contribution in [2.24, 2.45) is 0 Å². The molecular weight excluding hydrogens is 273 g/mol. The van der Waals surface area contributed by atoms with Crippen molar-refractivity contribution in [1.82, 2.24) is 0 Å². The summed E-state index contributed by atoms with van der Waals surface area (Å²) in [5.41, 5.74) is 0.242. The summed E-state index contributed by atoms with van der Waals surface area (Å²) in [6.07, 6.45) is 0. The van der Waals surface area contributed by atoms with Gasteiger partial charge >= 0.3 is 0 Å². The molecule has 0 amide bonds. The minimum Gasteiger partial charge on any atom is -0.395 e. The maximum Gasteiger partial charge on any atom is 0.237 e. The second-order valence-electron chi connectivity index (χ2n) is 3.26. The third kappa shape index (κ3) is 3.25. The second kappa shape index (κ2) is 5.23. The fourth-order valence-corrected chi connectivity index (χ4v) is 2.32. The Hall–Kier alpha value is -0.490. The zero-order valence-corrected chi connectivity index (χ0v) is 10.8. The second-order valence-corrected chi connectivity index (χ2v) is 6.21. The van der Waals surface area contributed by atoms with Crippen LogP contribution in [0.2, 0.25) is 10.0 Å². The van der Waals surface area contributed by atoms with Gasteiger partial charge in [-0.2, -0.15) is 0 Å². The number of hydrogen-bond acceptors (Lipinski definition) is 3. The Morgan fingerprint density at radius 1 is 1.44 bits per heavy atom. The molecule has 1 aromatic carbocycles. The van der Waals surface area contributed by atoms with Gasteiger partial charge in [-0.25, -0.2) is 8.42 Å². The van der Waals surface area contributed by atoms with Crippen LogP contribution in [0.25, 0.3) is 0 Å². The van der Waals surface area contributed by atoms with Gasteiger partial charge in [-0.05, 0) is 25.1 Å². The Balaban J connectivity index is 2.97. The Bertz CT molecular complexity index is 476. The zero-order chi connectivity index (χ0) is 12.3. The molecule has 0 aliphatic rings. The van der Waals surface area contributed by atoms with E-state index in [1.165, 1.54) is 25.1 Å². The van der Waals surface area contributed by atoms with Gasteiger partial charge < -0.3 is 5.11 Å². The molecule has 0 fully saturated rings. The predicted molar refractivity (Wildman–Crippen MR) is 65.6 cm³/mol. The molecule has 0 aromatic heterocycles. The molecule has 1 atom stereocenters. The van der Waals surface area contributed by atoms with Crippen LogP contribution in [-0.4, -0.2) is 25.4 Å². The van der Waals surface area contributed by atoms with Crippen molar-refractivity contribution < 1.29 is 13.5 Å². The lowest BCUT2D eigenvalue weighted by atomic mass is 10.3. The van der Waals surface area contributed by atoms with E-state index >= 15 is 0 Å². The van der Waals surface area contributed by atoms with Gasteiger partial charge in [0.2, 0.25) is 10.0 Å². The maximum atomic E-state index is 11.6. The topological polar surface area (TPSA) is 66.4 Å². The van der Waals surface area contributed by atoms with Gasteiger partial charge in [0.05, 0.1) is 17.3 Å². The van der Waals surface area contributed by atoms with Crippen LogP contribution >= 0.6 is 23.2 Å². The third-order valence-electron chi connectivity index (χ3n) is 1.97. The molecule has 16 heavy (non-hydrogen) atoms. The lowest BCUT2D eigenvalue weighted by Gasteiger charge is -2.13. The van der Waals surface area contributed by atoms with Gasteiger partial charge in [0.15, 0.2) is 0 Å². The first kappa shape index (κ1) is 13.6. The summed E-state index contributed by atoms with van der Waals surface area (Å²) in [5, 5.41) is 8.51. The van der Waals surface area contributed by atoms with Crippen molar-refractivity contribution in [3.8, 4) is 0 Å². The highest BCUT2D eigenvalue weighted by atomic mass is 35.5. The van der Waals surface area contributed by atoms with Crippen molar-refractivity contribution in [3.05, 3.63) is 28.2 Å². The van der Waals surface area contributed by atoms with E-state index in [0.29, 0.717) is 5.02 Å². The highest BCUT2D eigenvalue weighted by molar-refractivity contribution is 7.93. The molecule has 1 rings (SSSR count). The van der Waals surface area contributed by atoms with Gasteiger partial charge in [0, 0.05) is 5.02 Å². The third-order valence-corrected chi connectivity index (χ3v) is 4.23. The summed E-state index contributed by atoms with van der Waals surface area (Å²) in [4.78, 5) is 0. The minimum atomic E-state index is -3.63. The van der Waals surface area contributed by atoms with Crippen molar-refractivity contribution in [3.63, 3.8) is 0 Å². The molecule has 0 heterocycles. The van der Waals surface area contributed by atoms with Gasteiger partial charge in [-0.3, -0.25) is 4.72 Å². The Labute approximate surface area is 104 Å². The number of sulfonamides is 1. The maximum absolute atomic E-state index is 11.6. The van der Waals surface area contributed by atoms with Crippen molar-refractivity contribution in [1.29, 1.82) is 0 Å². The average molecular weight is 284 g/mol. The molecule has 90 valence electrons. The van der Waals surface area contributed by atoms with Crippen LogP contribution in [0.15, 0.2) is 18.2 Å². The number of halogens is 2. The van der Waals surface area contributed by atoms with Gasteiger partial charge in [0.1, 0.15) is 5.25 Å². The average Bonchev–Trinajstić information content (AvgIpc) is 2.21. The minimum absolute atomic E-state index is 0.209. The molecule has 0 saturated carbocycles. The van der Waals surface area contributed by atoms with Gasteiger partial charge in [-0.15, -0.1) is 0 Å².